The van der Waals surface area contributed by atoms with Gasteiger partial charge in [-0.1, -0.05) is 17.7 Å². The molecule has 0 aliphatic heterocycles. The number of carbonyl (C=O) groups excluding carboxylic acids is 1. The number of carbonyl (C=O) groups is 2. The van der Waals surface area contributed by atoms with Crippen LogP contribution in [0.2, 0.25) is 0 Å². The molecule has 1 aromatic carbocycles. The third kappa shape index (κ3) is 5.53. The molecule has 0 unspecified atom stereocenters. The Morgan fingerprint density at radius 3 is 2.40 bits per heavy atom. The SMILES string of the molecule is CC(C)=CC(=O)ON[C@@H](Cc1ccc(O)cc1)C(=O)O. The maximum atomic E-state index is 11.3. The van der Waals surface area contributed by atoms with E-state index in [0.717, 1.165) is 5.57 Å². The Bertz CT molecular complexity index is 503. The van der Waals surface area contributed by atoms with Gasteiger partial charge in [-0.2, -0.15) is 0 Å². The highest BCUT2D eigenvalue weighted by molar-refractivity contribution is 5.82. The lowest BCUT2D eigenvalue weighted by Gasteiger charge is -2.13. The molecule has 1 atom stereocenters. The van der Waals surface area contributed by atoms with Crippen LogP contribution in [0.1, 0.15) is 19.4 Å². The molecule has 0 fully saturated rings. The summed E-state index contributed by atoms with van der Waals surface area (Å²) in [5, 5.41) is 18.2. The van der Waals surface area contributed by atoms with Crippen LogP contribution in [0, 0.1) is 0 Å². The van der Waals surface area contributed by atoms with E-state index in [1.54, 1.807) is 26.0 Å². The molecule has 0 amide bonds. The van der Waals surface area contributed by atoms with Crippen molar-refractivity contribution in [2.45, 2.75) is 26.3 Å². The number of nitrogens with one attached hydrogen (secondary N) is 1. The smallest absolute Gasteiger partial charge is 0.349 e. The second-order valence-electron chi connectivity index (χ2n) is 4.52. The summed E-state index contributed by atoms with van der Waals surface area (Å²) in [5.74, 6) is -1.69. The highest BCUT2D eigenvalue weighted by Crippen LogP contribution is 2.11. The molecule has 0 saturated carbocycles. The first-order valence-corrected chi connectivity index (χ1v) is 6.00. The third-order valence-electron chi connectivity index (χ3n) is 2.38. The average Bonchev–Trinajstić information content (AvgIpc) is 2.35. The standard InChI is InChI=1S/C14H17NO5/c1-9(2)7-13(17)20-15-12(14(18)19)8-10-3-5-11(16)6-4-10/h3-7,12,15-16H,8H2,1-2H3,(H,18,19)/t12-/m0/s1. The lowest BCUT2D eigenvalue weighted by Crippen LogP contribution is -2.39. The van der Waals surface area contributed by atoms with E-state index >= 15 is 0 Å². The Kier molecular flexibility index (Phi) is 5.74. The lowest BCUT2D eigenvalue weighted by molar-refractivity contribution is -0.153. The molecule has 20 heavy (non-hydrogen) atoms. The molecule has 0 bridgehead atoms. The monoisotopic (exact) mass is 279 g/mol. The van der Waals surface area contributed by atoms with E-state index in [0.29, 0.717) is 5.56 Å². The van der Waals surface area contributed by atoms with Crippen LogP contribution in [0.3, 0.4) is 0 Å². The number of phenolic OH excluding ortho intramolecular Hbond substituents is 1. The van der Waals surface area contributed by atoms with Gasteiger partial charge in [-0.3, -0.25) is 4.79 Å². The number of aromatic hydroxyl groups is 1. The van der Waals surface area contributed by atoms with Crippen LogP contribution in [-0.4, -0.2) is 28.2 Å². The largest absolute Gasteiger partial charge is 0.508 e. The van der Waals surface area contributed by atoms with Gasteiger partial charge in [0.25, 0.3) is 0 Å². The molecule has 1 rings (SSSR count). The quantitative estimate of drug-likeness (QED) is 0.538. The summed E-state index contributed by atoms with van der Waals surface area (Å²) >= 11 is 0. The van der Waals surface area contributed by atoms with Crippen LogP contribution in [0.25, 0.3) is 0 Å². The predicted octanol–water partition coefficient (Wildman–Crippen LogP) is 1.40. The van der Waals surface area contributed by atoms with E-state index in [1.807, 2.05) is 0 Å². The van der Waals surface area contributed by atoms with Gasteiger partial charge >= 0.3 is 11.9 Å². The van der Waals surface area contributed by atoms with Crippen LogP contribution < -0.4 is 5.48 Å². The number of benzene rings is 1. The first kappa shape index (κ1) is 15.7. The van der Waals surface area contributed by atoms with Gasteiger partial charge in [0.15, 0.2) is 0 Å². The number of phenols is 1. The molecule has 0 aliphatic carbocycles. The van der Waals surface area contributed by atoms with E-state index in [4.69, 9.17) is 10.2 Å². The summed E-state index contributed by atoms with van der Waals surface area (Å²) in [4.78, 5) is 27.1. The van der Waals surface area contributed by atoms with E-state index < -0.39 is 18.0 Å². The van der Waals surface area contributed by atoms with Crippen molar-refractivity contribution in [1.29, 1.82) is 0 Å². The molecule has 0 spiro atoms. The molecule has 6 nitrogen and oxygen atoms in total. The minimum atomic E-state index is -1.14. The molecule has 0 saturated heterocycles. The van der Waals surface area contributed by atoms with Crippen molar-refractivity contribution in [1.82, 2.24) is 5.48 Å². The lowest BCUT2D eigenvalue weighted by atomic mass is 10.1. The maximum Gasteiger partial charge on any atom is 0.349 e. The molecular formula is C14H17NO5. The zero-order chi connectivity index (χ0) is 15.1. The molecule has 6 heteroatoms. The molecule has 0 radical (unpaired) electrons. The Labute approximate surface area is 116 Å². The van der Waals surface area contributed by atoms with Crippen LogP contribution in [0.4, 0.5) is 0 Å². The Balaban J connectivity index is 2.61. The van der Waals surface area contributed by atoms with E-state index in [2.05, 4.69) is 10.3 Å². The molecule has 1 aromatic rings. The minimum Gasteiger partial charge on any atom is -0.508 e. The van der Waals surface area contributed by atoms with Crippen molar-refractivity contribution in [3.05, 3.63) is 41.5 Å². The predicted molar refractivity (Wildman–Crippen MR) is 71.9 cm³/mol. The number of carboxylic acids is 1. The number of hydrogen-bond acceptors (Lipinski definition) is 5. The van der Waals surface area contributed by atoms with Crippen molar-refractivity contribution in [3.63, 3.8) is 0 Å². The highest BCUT2D eigenvalue weighted by Gasteiger charge is 2.19. The molecular weight excluding hydrogens is 262 g/mol. The van der Waals surface area contributed by atoms with Crippen molar-refractivity contribution >= 4 is 11.9 Å². The number of aliphatic carboxylic acids is 1. The van der Waals surface area contributed by atoms with Crippen LogP contribution in [0.5, 0.6) is 5.75 Å². The maximum absolute atomic E-state index is 11.3. The van der Waals surface area contributed by atoms with Crippen LogP contribution in [-0.2, 0) is 20.8 Å². The van der Waals surface area contributed by atoms with Gasteiger partial charge < -0.3 is 15.1 Å². The van der Waals surface area contributed by atoms with Gasteiger partial charge in [0, 0.05) is 12.5 Å². The Hall–Kier alpha value is -2.34. The first-order valence-electron chi connectivity index (χ1n) is 6.00. The first-order chi connectivity index (χ1) is 9.38. The van der Waals surface area contributed by atoms with E-state index in [1.165, 1.54) is 18.2 Å². The highest BCUT2D eigenvalue weighted by atomic mass is 16.7. The van der Waals surface area contributed by atoms with Crippen molar-refractivity contribution in [2.75, 3.05) is 0 Å². The summed E-state index contributed by atoms with van der Waals surface area (Å²) < 4.78 is 0. The summed E-state index contributed by atoms with van der Waals surface area (Å²) in [7, 11) is 0. The number of hydrogen-bond donors (Lipinski definition) is 3. The molecule has 108 valence electrons. The van der Waals surface area contributed by atoms with E-state index in [9.17, 15) is 9.59 Å². The number of carboxylic acid groups (broad SMARTS) is 1. The van der Waals surface area contributed by atoms with Crippen molar-refractivity contribution < 1.29 is 24.6 Å². The molecule has 3 N–H and O–H groups in total. The molecule has 0 heterocycles. The molecule has 0 aromatic heterocycles. The summed E-state index contributed by atoms with van der Waals surface area (Å²) in [6, 6.07) is 5.07. The number of allylic oxidation sites excluding steroid dienone is 1. The molecule has 0 aliphatic rings. The van der Waals surface area contributed by atoms with Gasteiger partial charge in [-0.25, -0.2) is 4.79 Å². The van der Waals surface area contributed by atoms with Gasteiger partial charge in [0.05, 0.1) is 0 Å². The summed E-state index contributed by atoms with van der Waals surface area (Å²) in [6.45, 7) is 3.46. The van der Waals surface area contributed by atoms with Crippen LogP contribution in [0.15, 0.2) is 35.9 Å². The van der Waals surface area contributed by atoms with E-state index in [-0.39, 0.29) is 12.2 Å². The van der Waals surface area contributed by atoms with Gasteiger partial charge in [0.2, 0.25) is 0 Å². The Morgan fingerprint density at radius 1 is 1.30 bits per heavy atom. The van der Waals surface area contributed by atoms with Crippen molar-refractivity contribution in [3.8, 4) is 5.75 Å². The van der Waals surface area contributed by atoms with Crippen molar-refractivity contribution in [2.24, 2.45) is 0 Å². The fourth-order valence-corrected chi connectivity index (χ4v) is 1.44. The zero-order valence-corrected chi connectivity index (χ0v) is 11.3. The van der Waals surface area contributed by atoms with Gasteiger partial charge in [-0.15, -0.1) is 5.48 Å². The fourth-order valence-electron chi connectivity index (χ4n) is 1.44. The van der Waals surface area contributed by atoms with Gasteiger partial charge in [0.1, 0.15) is 11.8 Å². The topological polar surface area (TPSA) is 95.9 Å². The fraction of sp³-hybridized carbons (Fsp3) is 0.286. The zero-order valence-electron chi connectivity index (χ0n) is 11.3. The second kappa shape index (κ2) is 7.30. The third-order valence-corrected chi connectivity index (χ3v) is 2.38. The Morgan fingerprint density at radius 2 is 1.90 bits per heavy atom. The summed E-state index contributed by atoms with van der Waals surface area (Å²) in [6.07, 6.45) is 1.38. The number of hydroxylamine groups is 1. The normalized spacial score (nSPS) is 11.5. The minimum absolute atomic E-state index is 0.101. The van der Waals surface area contributed by atoms with Gasteiger partial charge in [-0.05, 0) is 31.5 Å². The summed E-state index contributed by atoms with van der Waals surface area (Å²) in [5.41, 5.74) is 3.68. The average molecular weight is 279 g/mol. The second-order valence-corrected chi connectivity index (χ2v) is 4.52. The van der Waals surface area contributed by atoms with Crippen LogP contribution >= 0.6 is 0 Å². The number of rotatable bonds is 6.